The third-order valence-corrected chi connectivity index (χ3v) is 5.80. The quantitative estimate of drug-likeness (QED) is 0.687. The Kier molecular flexibility index (Phi) is 5.64. The maximum absolute atomic E-state index is 13.4. The van der Waals surface area contributed by atoms with Gasteiger partial charge in [-0.1, -0.05) is 35.9 Å². The molecule has 0 aromatic heterocycles. The predicted octanol–water partition coefficient (Wildman–Crippen LogP) is 3.99. The van der Waals surface area contributed by atoms with Crippen LogP contribution in [0.4, 0.5) is 0 Å². The molecule has 0 unspecified atom stereocenters. The van der Waals surface area contributed by atoms with Gasteiger partial charge in [0.05, 0.1) is 30.5 Å². The molecule has 1 aliphatic carbocycles. The first-order valence-electron chi connectivity index (χ1n) is 9.74. The molecule has 0 saturated carbocycles. The Bertz CT molecular complexity index is 1260. The minimum Gasteiger partial charge on any atom is -0.493 e. The summed E-state index contributed by atoms with van der Waals surface area (Å²) in [4.78, 5) is 26.2. The van der Waals surface area contributed by atoms with Crippen LogP contribution in [0, 0.1) is 11.3 Å². The fourth-order valence-corrected chi connectivity index (χ4v) is 4.47. The van der Waals surface area contributed by atoms with E-state index in [1.165, 1.54) is 14.2 Å². The molecule has 162 valence electrons. The highest BCUT2D eigenvalue weighted by Crippen LogP contribution is 2.49. The normalized spacial score (nSPS) is 16.7. The molecule has 32 heavy (non-hydrogen) atoms. The van der Waals surface area contributed by atoms with Crippen molar-refractivity contribution in [2.24, 2.45) is 0 Å². The summed E-state index contributed by atoms with van der Waals surface area (Å²) in [5, 5.41) is 12.3. The molecule has 7 nitrogen and oxygen atoms in total. The van der Waals surface area contributed by atoms with Crippen LogP contribution in [-0.4, -0.2) is 32.6 Å². The summed E-state index contributed by atoms with van der Waals surface area (Å²) in [5.41, 5.74) is 3.85. The van der Waals surface area contributed by atoms with Gasteiger partial charge >= 0.3 is 5.97 Å². The Hall–Kier alpha value is -3.76. The standard InChI is InChI=1S/C24H19ClN2O5/c1-12-18(24(29)31-3)19(13-10-16(25)23(32-9-8-26)17(11-13)30-2)20-21(27-12)14-6-4-5-7-15(14)22(20)28/h4-7,10-11,19,27H,9H2,1-3H3/t19-/m1/s1. The van der Waals surface area contributed by atoms with Crippen molar-refractivity contribution in [2.75, 3.05) is 20.8 Å². The first-order valence-corrected chi connectivity index (χ1v) is 10.1. The van der Waals surface area contributed by atoms with Gasteiger partial charge in [0, 0.05) is 28.3 Å². The number of allylic oxidation sites excluding steroid dienone is 2. The Morgan fingerprint density at radius 1 is 1.22 bits per heavy atom. The molecule has 2 aromatic rings. The second-order valence-electron chi connectivity index (χ2n) is 7.23. The van der Waals surface area contributed by atoms with Gasteiger partial charge in [-0.3, -0.25) is 4.79 Å². The van der Waals surface area contributed by atoms with Gasteiger partial charge < -0.3 is 19.5 Å². The van der Waals surface area contributed by atoms with E-state index in [0.717, 1.165) is 5.56 Å². The predicted molar refractivity (Wildman–Crippen MR) is 117 cm³/mol. The van der Waals surface area contributed by atoms with Gasteiger partial charge in [-0.15, -0.1) is 0 Å². The lowest BCUT2D eigenvalue weighted by Crippen LogP contribution is -2.29. The zero-order valence-corrected chi connectivity index (χ0v) is 18.4. The van der Waals surface area contributed by atoms with E-state index in [9.17, 15) is 9.59 Å². The number of Topliss-reactive ketones (excluding diaryl/α,β-unsaturated/α-hetero) is 1. The average molecular weight is 451 g/mol. The number of benzene rings is 2. The number of methoxy groups -OCH3 is 2. The van der Waals surface area contributed by atoms with E-state index in [1.807, 2.05) is 18.2 Å². The highest BCUT2D eigenvalue weighted by molar-refractivity contribution is 6.32. The summed E-state index contributed by atoms with van der Waals surface area (Å²) in [6.07, 6.45) is 0. The molecule has 0 bridgehead atoms. The fourth-order valence-electron chi connectivity index (χ4n) is 4.19. The summed E-state index contributed by atoms with van der Waals surface area (Å²) in [6, 6.07) is 12.4. The van der Waals surface area contributed by atoms with E-state index in [0.29, 0.717) is 33.7 Å². The van der Waals surface area contributed by atoms with Gasteiger partial charge in [-0.25, -0.2) is 4.79 Å². The molecule has 2 aliphatic rings. The van der Waals surface area contributed by atoms with Crippen molar-refractivity contribution in [1.82, 2.24) is 5.32 Å². The van der Waals surface area contributed by atoms with Crippen molar-refractivity contribution in [3.05, 3.63) is 75.0 Å². The zero-order valence-electron chi connectivity index (χ0n) is 17.6. The van der Waals surface area contributed by atoms with Crippen LogP contribution >= 0.6 is 11.6 Å². The van der Waals surface area contributed by atoms with Crippen molar-refractivity contribution < 1.29 is 23.8 Å². The molecular weight excluding hydrogens is 432 g/mol. The largest absolute Gasteiger partial charge is 0.493 e. The van der Waals surface area contributed by atoms with Gasteiger partial charge in [0.15, 0.2) is 23.9 Å². The number of ether oxygens (including phenoxy) is 3. The molecule has 0 saturated heterocycles. The van der Waals surface area contributed by atoms with Crippen molar-refractivity contribution in [2.45, 2.75) is 12.8 Å². The minimum absolute atomic E-state index is 0.179. The lowest BCUT2D eigenvalue weighted by molar-refractivity contribution is -0.136. The third-order valence-electron chi connectivity index (χ3n) is 5.52. The lowest BCUT2D eigenvalue weighted by Gasteiger charge is -2.29. The highest BCUT2D eigenvalue weighted by Gasteiger charge is 2.43. The molecule has 1 heterocycles. The smallest absolute Gasteiger partial charge is 0.336 e. The van der Waals surface area contributed by atoms with Crippen LogP contribution in [0.3, 0.4) is 0 Å². The van der Waals surface area contributed by atoms with Crippen LogP contribution in [0.15, 0.2) is 53.2 Å². The van der Waals surface area contributed by atoms with Crippen molar-refractivity contribution in [3.63, 3.8) is 0 Å². The molecule has 1 N–H and O–H groups in total. The Morgan fingerprint density at radius 2 is 1.94 bits per heavy atom. The fraction of sp³-hybridized carbons (Fsp3) is 0.208. The number of hydrogen-bond donors (Lipinski definition) is 1. The number of esters is 1. The monoisotopic (exact) mass is 450 g/mol. The molecule has 1 aliphatic heterocycles. The summed E-state index contributed by atoms with van der Waals surface area (Å²) < 4.78 is 15.9. The van der Waals surface area contributed by atoms with E-state index < -0.39 is 11.9 Å². The van der Waals surface area contributed by atoms with Crippen LogP contribution in [0.2, 0.25) is 5.02 Å². The molecule has 4 rings (SSSR count). The number of carbonyl (C=O) groups is 2. The van der Waals surface area contributed by atoms with Gasteiger partial charge in [0.25, 0.3) is 0 Å². The van der Waals surface area contributed by atoms with Crippen molar-refractivity contribution in [3.8, 4) is 17.6 Å². The number of ketones is 1. The number of halogens is 1. The van der Waals surface area contributed by atoms with Crippen LogP contribution in [0.1, 0.15) is 34.3 Å². The minimum atomic E-state index is -0.741. The number of nitrogens with one attached hydrogen (secondary N) is 1. The number of nitrogens with zero attached hydrogens (tertiary/aromatic N) is 1. The molecule has 2 aromatic carbocycles. The third kappa shape index (κ3) is 3.29. The Morgan fingerprint density at radius 3 is 2.59 bits per heavy atom. The van der Waals surface area contributed by atoms with E-state index in [1.54, 1.807) is 31.2 Å². The molecule has 0 amide bonds. The maximum Gasteiger partial charge on any atom is 0.336 e. The molecule has 0 fully saturated rings. The highest BCUT2D eigenvalue weighted by atomic mass is 35.5. The number of nitriles is 1. The number of hydrogen-bond acceptors (Lipinski definition) is 7. The molecule has 0 spiro atoms. The number of dihydropyridines is 1. The number of carbonyl (C=O) groups excluding carboxylic acids is 2. The number of fused-ring (bicyclic) bond motifs is 2. The van der Waals surface area contributed by atoms with E-state index in [2.05, 4.69) is 5.32 Å². The average Bonchev–Trinajstić information content (AvgIpc) is 3.08. The second kappa shape index (κ2) is 8.40. The molecule has 0 radical (unpaired) electrons. The first-order chi connectivity index (χ1) is 15.4. The van der Waals surface area contributed by atoms with Gasteiger partial charge in [0.2, 0.25) is 0 Å². The molecule has 1 atom stereocenters. The van der Waals surface area contributed by atoms with Crippen molar-refractivity contribution in [1.29, 1.82) is 5.26 Å². The Labute approximate surface area is 189 Å². The first kappa shape index (κ1) is 21.5. The van der Waals surface area contributed by atoms with E-state index in [4.69, 9.17) is 31.1 Å². The lowest BCUT2D eigenvalue weighted by atomic mass is 9.79. The van der Waals surface area contributed by atoms with Gasteiger partial charge in [-0.05, 0) is 24.6 Å². The molecule has 8 heteroatoms. The summed E-state index contributed by atoms with van der Waals surface area (Å²) in [5.74, 6) is -0.982. The number of rotatable bonds is 5. The summed E-state index contributed by atoms with van der Waals surface area (Å²) >= 11 is 6.47. The topological polar surface area (TPSA) is 97.6 Å². The van der Waals surface area contributed by atoms with Crippen LogP contribution < -0.4 is 14.8 Å². The molecular formula is C24H19ClN2O5. The van der Waals surface area contributed by atoms with E-state index >= 15 is 0 Å². The Balaban J connectivity index is 1.94. The van der Waals surface area contributed by atoms with Crippen molar-refractivity contribution >= 4 is 29.1 Å². The van der Waals surface area contributed by atoms with E-state index in [-0.39, 0.29) is 28.9 Å². The zero-order chi connectivity index (χ0) is 23.0. The van der Waals surface area contributed by atoms with Gasteiger partial charge in [-0.2, -0.15) is 5.26 Å². The van der Waals surface area contributed by atoms with Crippen LogP contribution in [0.25, 0.3) is 5.70 Å². The maximum atomic E-state index is 13.4. The van der Waals surface area contributed by atoms with Crippen LogP contribution in [0.5, 0.6) is 11.5 Å². The van der Waals surface area contributed by atoms with Gasteiger partial charge in [0.1, 0.15) is 6.07 Å². The van der Waals surface area contributed by atoms with Crippen LogP contribution in [-0.2, 0) is 9.53 Å². The SMILES string of the molecule is COC(=O)C1=C(C)NC2=C(C(=O)c3ccccc32)[C@@H]1c1cc(Cl)c(OCC#N)c(OC)c1. The second-order valence-corrected chi connectivity index (χ2v) is 7.64. The summed E-state index contributed by atoms with van der Waals surface area (Å²) in [6.45, 7) is 1.55. The summed E-state index contributed by atoms with van der Waals surface area (Å²) in [7, 11) is 2.74.